The van der Waals surface area contributed by atoms with Gasteiger partial charge in [0.05, 0.1) is 13.2 Å². The molecular weight excluding hydrogens is 396 g/mol. The van der Waals surface area contributed by atoms with Crippen molar-refractivity contribution in [2.24, 2.45) is 13.0 Å². The first kappa shape index (κ1) is 20.0. The number of nitrogens with zero attached hydrogens (tertiary/aromatic N) is 6. The molecule has 3 aromatic rings. The Balaban J connectivity index is 1.61. The molecule has 1 atom stereocenters. The van der Waals surface area contributed by atoms with E-state index in [1.165, 1.54) is 9.13 Å². The van der Waals surface area contributed by atoms with Crippen LogP contribution in [-0.4, -0.2) is 63.0 Å². The van der Waals surface area contributed by atoms with Gasteiger partial charge in [0.2, 0.25) is 5.95 Å². The molecule has 0 saturated carbocycles. The lowest BCUT2D eigenvalue weighted by Crippen LogP contribution is -2.44. The molecule has 0 aliphatic carbocycles. The predicted molar refractivity (Wildman–Crippen MR) is 119 cm³/mol. The highest BCUT2D eigenvalue weighted by atomic mass is 16.5. The second-order valence-corrected chi connectivity index (χ2v) is 8.50. The van der Waals surface area contributed by atoms with Gasteiger partial charge >= 0.3 is 5.69 Å². The molecule has 0 bridgehead atoms. The molecule has 4 heterocycles. The van der Waals surface area contributed by atoms with E-state index < -0.39 is 0 Å². The van der Waals surface area contributed by atoms with E-state index in [0.29, 0.717) is 49.9 Å². The molecule has 1 saturated heterocycles. The third kappa shape index (κ3) is 3.47. The minimum absolute atomic E-state index is 0.257. The van der Waals surface area contributed by atoms with Gasteiger partial charge in [0.15, 0.2) is 11.2 Å². The van der Waals surface area contributed by atoms with Crippen molar-refractivity contribution in [2.75, 3.05) is 44.3 Å². The van der Waals surface area contributed by atoms with Crippen LogP contribution in [0.3, 0.4) is 0 Å². The summed E-state index contributed by atoms with van der Waals surface area (Å²) in [6, 6.07) is 10.1. The lowest BCUT2D eigenvalue weighted by Gasteiger charge is -2.32. The number of benzene rings is 1. The van der Waals surface area contributed by atoms with Crippen LogP contribution in [0.15, 0.2) is 39.9 Å². The van der Waals surface area contributed by atoms with Gasteiger partial charge in [-0.1, -0.05) is 25.1 Å². The molecule has 2 aromatic heterocycles. The summed E-state index contributed by atoms with van der Waals surface area (Å²) in [7, 11) is 1.70. The van der Waals surface area contributed by atoms with Crippen molar-refractivity contribution in [3.8, 4) is 0 Å². The smallest absolute Gasteiger partial charge is 0.332 e. The molecule has 0 N–H and O–H groups in total. The quantitative estimate of drug-likeness (QED) is 0.622. The fourth-order valence-electron chi connectivity index (χ4n) is 4.59. The largest absolute Gasteiger partial charge is 0.379 e. The highest BCUT2D eigenvalue weighted by Gasteiger charge is 2.29. The van der Waals surface area contributed by atoms with Crippen molar-refractivity contribution >= 4 is 22.8 Å². The zero-order valence-corrected chi connectivity index (χ0v) is 18.0. The molecule has 31 heavy (non-hydrogen) atoms. The van der Waals surface area contributed by atoms with Crippen LogP contribution in [0.1, 0.15) is 6.92 Å². The molecule has 1 aromatic carbocycles. The fraction of sp³-hybridized carbons (Fsp3) is 0.500. The normalized spacial score (nSPS) is 19.7. The van der Waals surface area contributed by atoms with Crippen molar-refractivity contribution < 1.29 is 4.74 Å². The number of aryl methyl sites for hydroxylation is 1. The lowest BCUT2D eigenvalue weighted by molar-refractivity contribution is 0.0361. The van der Waals surface area contributed by atoms with Crippen molar-refractivity contribution in [1.82, 2.24) is 23.6 Å². The number of anilines is 2. The minimum Gasteiger partial charge on any atom is -0.379 e. The number of hydrogen-bond donors (Lipinski definition) is 0. The Morgan fingerprint density at radius 1 is 1.06 bits per heavy atom. The third-order valence-corrected chi connectivity index (χ3v) is 6.25. The van der Waals surface area contributed by atoms with E-state index in [1.54, 1.807) is 7.05 Å². The van der Waals surface area contributed by atoms with Crippen LogP contribution < -0.4 is 16.1 Å². The van der Waals surface area contributed by atoms with Gasteiger partial charge in [-0.3, -0.25) is 18.8 Å². The number of imidazole rings is 1. The SMILES string of the molecule is C[C@H]1CN(c2ccccc2)c2nc3c(c(=O)n(CCN4CCOCC4)c(=O)n3C)n2C1. The van der Waals surface area contributed by atoms with E-state index in [0.717, 1.165) is 31.3 Å². The first-order valence-corrected chi connectivity index (χ1v) is 10.9. The van der Waals surface area contributed by atoms with Crippen molar-refractivity contribution in [2.45, 2.75) is 20.0 Å². The van der Waals surface area contributed by atoms with Gasteiger partial charge in [-0.15, -0.1) is 0 Å². The number of fused-ring (bicyclic) bond motifs is 3. The van der Waals surface area contributed by atoms with E-state index in [-0.39, 0.29) is 11.2 Å². The van der Waals surface area contributed by atoms with Gasteiger partial charge in [-0.2, -0.15) is 4.98 Å². The van der Waals surface area contributed by atoms with Gasteiger partial charge in [-0.25, -0.2) is 4.79 Å². The summed E-state index contributed by atoms with van der Waals surface area (Å²) in [4.78, 5) is 35.6. The average molecular weight is 425 g/mol. The number of para-hydroxylation sites is 1. The van der Waals surface area contributed by atoms with E-state index in [1.807, 2.05) is 34.9 Å². The summed E-state index contributed by atoms with van der Waals surface area (Å²) >= 11 is 0. The highest BCUT2D eigenvalue weighted by Crippen LogP contribution is 2.32. The van der Waals surface area contributed by atoms with Gasteiger partial charge in [0.25, 0.3) is 5.56 Å². The number of aromatic nitrogens is 4. The van der Waals surface area contributed by atoms with Crippen LogP contribution in [0.25, 0.3) is 11.2 Å². The second kappa shape index (κ2) is 7.97. The predicted octanol–water partition coefficient (Wildman–Crippen LogP) is 1.02. The molecule has 5 rings (SSSR count). The Labute approximate surface area is 180 Å². The molecule has 0 radical (unpaired) electrons. The Morgan fingerprint density at radius 3 is 2.55 bits per heavy atom. The Morgan fingerprint density at radius 2 is 1.81 bits per heavy atom. The van der Waals surface area contributed by atoms with E-state index in [2.05, 4.69) is 16.7 Å². The average Bonchev–Trinajstić information content (AvgIpc) is 3.18. The molecule has 2 aliphatic rings. The lowest BCUT2D eigenvalue weighted by atomic mass is 10.1. The maximum atomic E-state index is 13.5. The third-order valence-electron chi connectivity index (χ3n) is 6.25. The molecule has 0 spiro atoms. The van der Waals surface area contributed by atoms with Gasteiger partial charge in [-0.05, 0) is 18.1 Å². The summed E-state index contributed by atoms with van der Waals surface area (Å²) in [5.41, 5.74) is 1.41. The van der Waals surface area contributed by atoms with Gasteiger partial charge < -0.3 is 14.2 Å². The van der Waals surface area contributed by atoms with Crippen LogP contribution in [0.4, 0.5) is 11.6 Å². The molecule has 9 heteroatoms. The summed E-state index contributed by atoms with van der Waals surface area (Å²) in [5.74, 6) is 1.06. The zero-order valence-electron chi connectivity index (χ0n) is 18.0. The summed E-state index contributed by atoms with van der Waals surface area (Å²) < 4.78 is 10.3. The maximum Gasteiger partial charge on any atom is 0.332 e. The summed E-state index contributed by atoms with van der Waals surface area (Å²) in [6.45, 7) is 7.72. The molecule has 0 unspecified atom stereocenters. The molecule has 0 amide bonds. The van der Waals surface area contributed by atoms with E-state index in [4.69, 9.17) is 9.72 Å². The van der Waals surface area contributed by atoms with Crippen LogP contribution in [0, 0.1) is 5.92 Å². The summed E-state index contributed by atoms with van der Waals surface area (Å²) in [6.07, 6.45) is 0. The number of hydrogen-bond acceptors (Lipinski definition) is 6. The zero-order chi connectivity index (χ0) is 21.5. The number of ether oxygens (including phenoxy) is 1. The molecule has 164 valence electrons. The van der Waals surface area contributed by atoms with Crippen molar-refractivity contribution in [1.29, 1.82) is 0 Å². The maximum absolute atomic E-state index is 13.5. The molecule has 2 aliphatic heterocycles. The topological polar surface area (TPSA) is 77.5 Å². The Bertz CT molecular complexity index is 1210. The van der Waals surface area contributed by atoms with Gasteiger partial charge in [0.1, 0.15) is 0 Å². The number of rotatable bonds is 4. The monoisotopic (exact) mass is 424 g/mol. The summed E-state index contributed by atoms with van der Waals surface area (Å²) in [5, 5.41) is 0. The second-order valence-electron chi connectivity index (χ2n) is 8.50. The molecular formula is C22H28N6O3. The standard InChI is InChI=1S/C22H28N6O3/c1-16-14-27(17-6-4-3-5-7-17)21-23-19-18(28(21)15-16)20(29)26(22(30)24(19)2)9-8-25-10-12-31-13-11-25/h3-7,16H,8-15H2,1-2H3/t16-/m0/s1. The Kier molecular flexibility index (Phi) is 5.15. The van der Waals surface area contributed by atoms with Crippen LogP contribution >= 0.6 is 0 Å². The minimum atomic E-state index is -0.319. The van der Waals surface area contributed by atoms with Gasteiger partial charge in [0, 0.05) is 52.0 Å². The first-order chi connectivity index (χ1) is 15.0. The molecule has 9 nitrogen and oxygen atoms in total. The van der Waals surface area contributed by atoms with E-state index >= 15 is 0 Å². The van der Waals surface area contributed by atoms with Crippen molar-refractivity contribution in [3.63, 3.8) is 0 Å². The van der Waals surface area contributed by atoms with E-state index in [9.17, 15) is 9.59 Å². The molecule has 1 fully saturated rings. The van der Waals surface area contributed by atoms with Crippen LogP contribution in [-0.2, 0) is 24.9 Å². The van der Waals surface area contributed by atoms with Crippen LogP contribution in [0.5, 0.6) is 0 Å². The highest BCUT2D eigenvalue weighted by molar-refractivity contribution is 5.77. The first-order valence-electron chi connectivity index (χ1n) is 10.9. The van der Waals surface area contributed by atoms with Crippen molar-refractivity contribution in [3.05, 3.63) is 51.2 Å². The Hall–Kier alpha value is -2.91. The van der Waals surface area contributed by atoms with Crippen LogP contribution in [0.2, 0.25) is 0 Å². The number of morpholine rings is 1. The fourth-order valence-corrected chi connectivity index (χ4v) is 4.59.